The molecule has 0 radical (unpaired) electrons. The first kappa shape index (κ1) is 13.3. The Hall–Kier alpha value is -1.18. The Morgan fingerprint density at radius 1 is 1.61 bits per heavy atom. The summed E-state index contributed by atoms with van der Waals surface area (Å²) in [4.78, 5) is 11.5. The fourth-order valence-corrected chi connectivity index (χ4v) is 1.88. The molecule has 1 aliphatic rings. The summed E-state index contributed by atoms with van der Waals surface area (Å²) in [5.41, 5.74) is 0.974. The van der Waals surface area contributed by atoms with E-state index in [-0.39, 0.29) is 17.2 Å². The topological polar surface area (TPSA) is 55.8 Å². The number of alkyl halides is 2. The molecular weight excluding hydrogens is 268 g/mol. The predicted octanol–water partition coefficient (Wildman–Crippen LogP) is 0.980. The van der Waals surface area contributed by atoms with Gasteiger partial charge < -0.3 is 14.4 Å². The molecule has 0 spiro atoms. The number of carbonyl (C=O) groups is 1. The van der Waals surface area contributed by atoms with Gasteiger partial charge in [-0.1, -0.05) is 11.6 Å². The predicted molar refractivity (Wildman–Crippen MR) is 60.1 cm³/mol. The summed E-state index contributed by atoms with van der Waals surface area (Å²) in [6, 6.07) is 2.75. The largest absolute Gasteiger partial charge is 0.491 e. The van der Waals surface area contributed by atoms with Crippen LogP contribution >= 0.6 is 11.6 Å². The normalized spacial score (nSPS) is 13.9. The summed E-state index contributed by atoms with van der Waals surface area (Å²) in [5, 5.41) is 9.53. The number of benzene rings is 1. The molecule has 0 aliphatic carbocycles. The van der Waals surface area contributed by atoms with Crippen LogP contribution < -0.4 is 5.46 Å². The minimum absolute atomic E-state index is 0.0689. The summed E-state index contributed by atoms with van der Waals surface area (Å²) < 4.78 is 33.2. The van der Waals surface area contributed by atoms with Gasteiger partial charge in [-0.15, -0.1) is 0 Å². The van der Waals surface area contributed by atoms with E-state index in [4.69, 9.17) is 16.3 Å². The molecular formula is C10H8BClF2O4. The highest BCUT2D eigenvalue weighted by molar-refractivity contribution is 6.61. The maximum Gasteiger partial charge on any atom is 0.491 e. The lowest BCUT2D eigenvalue weighted by Crippen LogP contribution is -2.29. The molecule has 2 rings (SSSR count). The molecule has 0 saturated carbocycles. The second-order valence-electron chi connectivity index (χ2n) is 3.68. The van der Waals surface area contributed by atoms with Gasteiger partial charge in [0.1, 0.15) is 0 Å². The number of hydrogen-bond acceptors (Lipinski definition) is 4. The lowest BCUT2D eigenvalue weighted by atomic mass is 9.79. The maximum absolute atomic E-state index is 11.9. The fraction of sp³-hybridized carbons (Fsp3) is 0.300. The Morgan fingerprint density at radius 3 is 3.00 bits per heavy atom. The van der Waals surface area contributed by atoms with Crippen molar-refractivity contribution in [3.63, 3.8) is 0 Å². The van der Waals surface area contributed by atoms with Crippen LogP contribution in [0.1, 0.15) is 15.9 Å². The molecule has 1 aliphatic heterocycles. The highest BCUT2D eigenvalue weighted by atomic mass is 35.5. The third-order valence-electron chi connectivity index (χ3n) is 2.45. The van der Waals surface area contributed by atoms with Gasteiger partial charge in [-0.05, 0) is 23.2 Å². The van der Waals surface area contributed by atoms with Crippen molar-refractivity contribution in [3.05, 3.63) is 28.3 Å². The van der Waals surface area contributed by atoms with Crippen LogP contribution in [-0.4, -0.2) is 31.1 Å². The molecule has 0 unspecified atom stereocenters. The number of esters is 1. The van der Waals surface area contributed by atoms with Crippen molar-refractivity contribution in [1.29, 1.82) is 0 Å². The number of carbonyl (C=O) groups excluding carboxylic acids is 1. The minimum atomic E-state index is -2.74. The van der Waals surface area contributed by atoms with Crippen molar-refractivity contribution in [3.8, 4) is 0 Å². The first-order valence-corrected chi connectivity index (χ1v) is 5.44. The molecule has 0 fully saturated rings. The lowest BCUT2D eigenvalue weighted by Gasteiger charge is -2.08. The van der Waals surface area contributed by atoms with E-state index >= 15 is 0 Å². The van der Waals surface area contributed by atoms with E-state index in [1.165, 1.54) is 12.1 Å². The third kappa shape index (κ3) is 2.63. The van der Waals surface area contributed by atoms with Gasteiger partial charge in [-0.2, -0.15) is 0 Å². The molecule has 4 nitrogen and oxygen atoms in total. The number of halogens is 3. The van der Waals surface area contributed by atoms with Gasteiger partial charge in [0.2, 0.25) is 0 Å². The third-order valence-corrected chi connectivity index (χ3v) is 2.76. The second kappa shape index (κ2) is 5.21. The van der Waals surface area contributed by atoms with Crippen LogP contribution in [-0.2, 0) is 16.0 Å². The van der Waals surface area contributed by atoms with Crippen molar-refractivity contribution >= 4 is 30.2 Å². The van der Waals surface area contributed by atoms with Crippen LogP contribution in [0.2, 0.25) is 5.02 Å². The maximum atomic E-state index is 11.9. The molecule has 0 bridgehead atoms. The zero-order valence-electron chi connectivity index (χ0n) is 9.03. The summed E-state index contributed by atoms with van der Waals surface area (Å²) in [6.45, 7) is -0.812. The lowest BCUT2D eigenvalue weighted by molar-refractivity contribution is 0.0160. The molecule has 0 atom stereocenters. The van der Waals surface area contributed by atoms with Crippen LogP contribution in [0.25, 0.3) is 0 Å². The Morgan fingerprint density at radius 2 is 2.33 bits per heavy atom. The Bertz CT molecular complexity index is 483. The summed E-state index contributed by atoms with van der Waals surface area (Å²) >= 11 is 5.84. The standard InChI is InChI=1S/C10H8BClF2O4/c12-8-1-5-3-18-11(16)7(5)2-6(8)10(15)17-4-9(13)14/h1-2,9,16H,3-4H2. The van der Waals surface area contributed by atoms with E-state index < -0.39 is 26.1 Å². The van der Waals surface area contributed by atoms with Crippen LogP contribution in [0.15, 0.2) is 12.1 Å². The number of hydrogen-bond donors (Lipinski definition) is 1. The van der Waals surface area contributed by atoms with Gasteiger partial charge in [0.25, 0.3) is 6.43 Å². The first-order chi connectivity index (χ1) is 8.49. The van der Waals surface area contributed by atoms with E-state index in [0.29, 0.717) is 11.0 Å². The molecule has 1 heterocycles. The van der Waals surface area contributed by atoms with Crippen molar-refractivity contribution in [2.45, 2.75) is 13.0 Å². The van der Waals surface area contributed by atoms with Crippen LogP contribution in [0.5, 0.6) is 0 Å². The summed E-state index contributed by atoms with van der Waals surface area (Å²) in [6.07, 6.45) is -2.74. The van der Waals surface area contributed by atoms with Crippen molar-refractivity contribution < 1.29 is 28.0 Å². The highest BCUT2D eigenvalue weighted by Crippen LogP contribution is 2.21. The summed E-state index contributed by atoms with van der Waals surface area (Å²) in [7, 11) is -1.14. The van der Waals surface area contributed by atoms with Crippen molar-refractivity contribution in [1.82, 2.24) is 0 Å². The van der Waals surface area contributed by atoms with Crippen molar-refractivity contribution in [2.24, 2.45) is 0 Å². The Kier molecular flexibility index (Phi) is 3.84. The first-order valence-electron chi connectivity index (χ1n) is 5.06. The number of ether oxygens (including phenoxy) is 1. The average Bonchev–Trinajstić information content (AvgIpc) is 2.66. The van der Waals surface area contributed by atoms with Gasteiger partial charge in [0, 0.05) is 0 Å². The molecule has 1 N–H and O–H groups in total. The zero-order valence-corrected chi connectivity index (χ0v) is 9.79. The van der Waals surface area contributed by atoms with Crippen molar-refractivity contribution in [2.75, 3.05) is 6.61 Å². The molecule has 8 heteroatoms. The molecule has 96 valence electrons. The molecule has 1 aromatic rings. The smallest absolute Gasteiger partial charge is 0.456 e. The van der Waals surface area contributed by atoms with E-state index in [2.05, 4.69) is 4.74 Å². The monoisotopic (exact) mass is 276 g/mol. The van der Waals surface area contributed by atoms with Gasteiger partial charge in [0.15, 0.2) is 6.61 Å². The Labute approximate surface area is 107 Å². The number of fused-ring (bicyclic) bond motifs is 1. The van der Waals surface area contributed by atoms with Gasteiger partial charge >= 0.3 is 13.1 Å². The second-order valence-corrected chi connectivity index (χ2v) is 4.09. The average molecular weight is 276 g/mol. The Balaban J connectivity index is 2.23. The zero-order chi connectivity index (χ0) is 13.3. The molecule has 0 aromatic heterocycles. The summed E-state index contributed by atoms with van der Waals surface area (Å²) in [5.74, 6) is -0.956. The van der Waals surface area contributed by atoms with Gasteiger partial charge in [0.05, 0.1) is 17.2 Å². The molecule has 0 amide bonds. The van der Waals surface area contributed by atoms with Gasteiger partial charge in [-0.3, -0.25) is 0 Å². The van der Waals surface area contributed by atoms with Crippen LogP contribution in [0, 0.1) is 0 Å². The van der Waals surface area contributed by atoms with E-state index in [9.17, 15) is 18.6 Å². The quantitative estimate of drug-likeness (QED) is 0.660. The highest BCUT2D eigenvalue weighted by Gasteiger charge is 2.30. The molecule has 18 heavy (non-hydrogen) atoms. The molecule has 0 saturated heterocycles. The van der Waals surface area contributed by atoms with E-state index in [1.807, 2.05) is 0 Å². The van der Waals surface area contributed by atoms with Crippen LogP contribution in [0.3, 0.4) is 0 Å². The SMILES string of the molecule is O=C(OCC(F)F)c1cc2c(cc1Cl)COB2O. The molecule has 1 aromatic carbocycles. The van der Waals surface area contributed by atoms with E-state index in [1.54, 1.807) is 0 Å². The van der Waals surface area contributed by atoms with E-state index in [0.717, 1.165) is 0 Å². The van der Waals surface area contributed by atoms with Gasteiger partial charge in [-0.25, -0.2) is 13.6 Å². The van der Waals surface area contributed by atoms with Crippen LogP contribution in [0.4, 0.5) is 8.78 Å². The number of rotatable bonds is 3. The fourth-order valence-electron chi connectivity index (χ4n) is 1.62. The minimum Gasteiger partial charge on any atom is -0.456 e.